The number of hydrogen-bond donors (Lipinski definition) is 1. The van der Waals surface area contributed by atoms with Crippen molar-refractivity contribution in [2.24, 2.45) is 5.41 Å². The van der Waals surface area contributed by atoms with Gasteiger partial charge in [-0.05, 0) is 24.3 Å². The Morgan fingerprint density at radius 1 is 1.43 bits per heavy atom. The van der Waals surface area contributed by atoms with Crippen LogP contribution in [0.25, 0.3) is 11.1 Å². The van der Waals surface area contributed by atoms with Crippen molar-refractivity contribution in [3.8, 4) is 0 Å². The molecule has 0 bridgehead atoms. The normalized spacial score (nSPS) is 17.4. The topological polar surface area (TPSA) is 63.3 Å². The number of carboxylic acid groups (broad SMARTS) is 1. The van der Waals surface area contributed by atoms with Crippen LogP contribution >= 0.6 is 11.6 Å². The Morgan fingerprint density at radius 3 is 2.81 bits per heavy atom. The molecular weight excluding hydrogens is 297 g/mol. The van der Waals surface area contributed by atoms with Crippen LogP contribution in [0.15, 0.2) is 16.5 Å². The van der Waals surface area contributed by atoms with Crippen LogP contribution in [0.1, 0.15) is 38.0 Å². The number of carbonyl (C=O) groups is 1. The van der Waals surface area contributed by atoms with Crippen molar-refractivity contribution in [1.29, 1.82) is 0 Å². The SMILES string of the molecule is O=C(O)CC1(Cc2nc3cc(Cl)c(F)cc3o2)CCCC1. The van der Waals surface area contributed by atoms with E-state index < -0.39 is 11.8 Å². The van der Waals surface area contributed by atoms with E-state index in [2.05, 4.69) is 4.98 Å². The van der Waals surface area contributed by atoms with Crippen LogP contribution in [0.3, 0.4) is 0 Å². The molecule has 0 atom stereocenters. The van der Waals surface area contributed by atoms with Crippen LogP contribution in [0.2, 0.25) is 5.02 Å². The zero-order valence-corrected chi connectivity index (χ0v) is 12.1. The first kappa shape index (κ1) is 14.3. The lowest BCUT2D eigenvalue weighted by molar-refractivity contribution is -0.139. The number of aromatic nitrogens is 1. The van der Waals surface area contributed by atoms with Crippen molar-refractivity contribution in [1.82, 2.24) is 4.98 Å². The molecule has 1 aromatic heterocycles. The molecule has 21 heavy (non-hydrogen) atoms. The van der Waals surface area contributed by atoms with Crippen molar-refractivity contribution in [2.45, 2.75) is 38.5 Å². The average molecular weight is 312 g/mol. The van der Waals surface area contributed by atoms with Crippen LogP contribution in [0.5, 0.6) is 0 Å². The van der Waals surface area contributed by atoms with Crippen molar-refractivity contribution >= 4 is 28.7 Å². The highest BCUT2D eigenvalue weighted by atomic mass is 35.5. The monoisotopic (exact) mass is 311 g/mol. The molecule has 0 amide bonds. The minimum absolute atomic E-state index is 0.00321. The highest BCUT2D eigenvalue weighted by Gasteiger charge is 2.37. The van der Waals surface area contributed by atoms with Crippen LogP contribution in [0.4, 0.5) is 4.39 Å². The predicted octanol–water partition coefficient (Wildman–Crippen LogP) is 4.20. The van der Waals surface area contributed by atoms with E-state index in [-0.39, 0.29) is 16.9 Å². The van der Waals surface area contributed by atoms with E-state index in [1.807, 2.05) is 0 Å². The first-order valence-electron chi connectivity index (χ1n) is 6.94. The maximum absolute atomic E-state index is 13.4. The van der Waals surface area contributed by atoms with Gasteiger partial charge in [-0.2, -0.15) is 0 Å². The fourth-order valence-corrected chi connectivity index (χ4v) is 3.39. The zero-order valence-electron chi connectivity index (χ0n) is 11.4. The van der Waals surface area contributed by atoms with Gasteiger partial charge in [0, 0.05) is 12.5 Å². The summed E-state index contributed by atoms with van der Waals surface area (Å²) in [7, 11) is 0. The van der Waals surface area contributed by atoms with Gasteiger partial charge in [-0.1, -0.05) is 24.4 Å². The van der Waals surface area contributed by atoms with Gasteiger partial charge in [0.2, 0.25) is 0 Å². The Bertz CT molecular complexity index is 653. The first-order valence-corrected chi connectivity index (χ1v) is 7.32. The summed E-state index contributed by atoms with van der Waals surface area (Å²) in [5.74, 6) is -0.898. The summed E-state index contributed by atoms with van der Waals surface area (Å²) in [5.41, 5.74) is 0.546. The Balaban J connectivity index is 1.91. The fourth-order valence-electron chi connectivity index (χ4n) is 3.23. The Morgan fingerprint density at radius 2 is 2.14 bits per heavy atom. The number of aliphatic carboxylic acids is 1. The number of benzene rings is 1. The van der Waals surface area contributed by atoms with Crippen LogP contribution in [0, 0.1) is 11.2 Å². The van der Waals surface area contributed by atoms with Gasteiger partial charge in [0.25, 0.3) is 0 Å². The molecule has 0 unspecified atom stereocenters. The van der Waals surface area contributed by atoms with E-state index in [1.165, 1.54) is 12.1 Å². The summed E-state index contributed by atoms with van der Waals surface area (Å²) >= 11 is 5.73. The number of halogens is 2. The molecular formula is C15H15ClFNO3. The molecule has 1 heterocycles. The number of fused-ring (bicyclic) bond motifs is 1. The van der Waals surface area contributed by atoms with Crippen LogP contribution < -0.4 is 0 Å². The third-order valence-corrected chi connectivity index (χ3v) is 4.48. The van der Waals surface area contributed by atoms with E-state index in [4.69, 9.17) is 21.1 Å². The molecule has 3 rings (SSSR count). The molecule has 1 saturated carbocycles. The van der Waals surface area contributed by atoms with Crippen LogP contribution in [-0.4, -0.2) is 16.1 Å². The van der Waals surface area contributed by atoms with Gasteiger partial charge in [-0.25, -0.2) is 9.37 Å². The number of carboxylic acids is 1. The van der Waals surface area contributed by atoms with Crippen LogP contribution in [-0.2, 0) is 11.2 Å². The number of oxazole rings is 1. The van der Waals surface area contributed by atoms with E-state index in [0.29, 0.717) is 23.4 Å². The summed E-state index contributed by atoms with van der Waals surface area (Å²) in [4.78, 5) is 15.4. The van der Waals surface area contributed by atoms with E-state index in [0.717, 1.165) is 25.7 Å². The maximum Gasteiger partial charge on any atom is 0.303 e. The first-order chi connectivity index (χ1) is 9.97. The van der Waals surface area contributed by atoms with Gasteiger partial charge in [0.05, 0.1) is 11.4 Å². The molecule has 4 nitrogen and oxygen atoms in total. The molecule has 112 valence electrons. The smallest absolute Gasteiger partial charge is 0.303 e. The lowest BCUT2D eigenvalue weighted by atomic mass is 9.79. The van der Waals surface area contributed by atoms with Gasteiger partial charge in [-0.3, -0.25) is 4.79 Å². The molecule has 1 N–H and O–H groups in total. The number of hydrogen-bond acceptors (Lipinski definition) is 3. The second kappa shape index (κ2) is 5.30. The predicted molar refractivity (Wildman–Crippen MR) is 75.8 cm³/mol. The van der Waals surface area contributed by atoms with Crippen molar-refractivity contribution in [3.63, 3.8) is 0 Å². The fraction of sp³-hybridized carbons (Fsp3) is 0.467. The summed E-state index contributed by atoms with van der Waals surface area (Å²) in [5, 5.41) is 9.11. The largest absolute Gasteiger partial charge is 0.481 e. The average Bonchev–Trinajstić information content (AvgIpc) is 2.96. The molecule has 0 aliphatic heterocycles. The van der Waals surface area contributed by atoms with Crippen molar-refractivity contribution in [2.75, 3.05) is 0 Å². The lowest BCUT2D eigenvalue weighted by Gasteiger charge is -2.25. The minimum atomic E-state index is -0.804. The highest BCUT2D eigenvalue weighted by Crippen LogP contribution is 2.44. The van der Waals surface area contributed by atoms with Gasteiger partial charge >= 0.3 is 5.97 Å². The molecule has 0 spiro atoms. The highest BCUT2D eigenvalue weighted by molar-refractivity contribution is 6.31. The molecule has 1 aliphatic rings. The van der Waals surface area contributed by atoms with Gasteiger partial charge in [0.1, 0.15) is 11.3 Å². The molecule has 2 aromatic rings. The van der Waals surface area contributed by atoms with Gasteiger partial charge in [-0.15, -0.1) is 0 Å². The standard InChI is InChI=1S/C15H15ClFNO3/c16-9-5-11-12(6-10(9)17)21-13(18-11)7-15(8-14(19)20)3-1-2-4-15/h5-6H,1-4,7-8H2,(H,19,20). The minimum Gasteiger partial charge on any atom is -0.481 e. The molecule has 1 aromatic carbocycles. The lowest BCUT2D eigenvalue weighted by Crippen LogP contribution is -2.23. The summed E-state index contributed by atoms with van der Waals surface area (Å²) in [6, 6.07) is 2.64. The Hall–Kier alpha value is -1.62. The number of nitrogens with zero attached hydrogens (tertiary/aromatic N) is 1. The second-order valence-electron chi connectivity index (χ2n) is 5.80. The van der Waals surface area contributed by atoms with Gasteiger partial charge < -0.3 is 9.52 Å². The van der Waals surface area contributed by atoms with E-state index in [1.54, 1.807) is 0 Å². The summed E-state index contributed by atoms with van der Waals surface area (Å²) in [6.45, 7) is 0. The molecule has 1 fully saturated rings. The third kappa shape index (κ3) is 2.88. The molecule has 6 heteroatoms. The Kier molecular flexibility index (Phi) is 3.61. The molecule has 1 aliphatic carbocycles. The van der Waals surface area contributed by atoms with E-state index >= 15 is 0 Å². The zero-order chi connectivity index (χ0) is 15.0. The second-order valence-corrected chi connectivity index (χ2v) is 6.20. The van der Waals surface area contributed by atoms with E-state index in [9.17, 15) is 9.18 Å². The quantitative estimate of drug-likeness (QED) is 0.919. The summed E-state index contributed by atoms with van der Waals surface area (Å²) < 4.78 is 19.0. The third-order valence-electron chi connectivity index (χ3n) is 4.19. The summed E-state index contributed by atoms with van der Waals surface area (Å²) in [6.07, 6.45) is 4.33. The number of rotatable bonds is 4. The van der Waals surface area contributed by atoms with Crippen molar-refractivity contribution < 1.29 is 18.7 Å². The van der Waals surface area contributed by atoms with Gasteiger partial charge in [0.15, 0.2) is 11.5 Å². The molecule has 0 saturated heterocycles. The molecule has 0 radical (unpaired) electrons. The van der Waals surface area contributed by atoms with Crippen molar-refractivity contribution in [3.05, 3.63) is 28.9 Å². The Labute approximate surface area is 125 Å². The maximum atomic E-state index is 13.4.